The van der Waals surface area contributed by atoms with Gasteiger partial charge in [-0.05, 0) is 40.4 Å². The maximum atomic E-state index is 13.4. The number of amides is 1. The Kier molecular flexibility index (Phi) is 4.39. The lowest BCUT2D eigenvalue weighted by molar-refractivity contribution is 0.0691. The lowest BCUT2D eigenvalue weighted by Gasteiger charge is -2.36. The summed E-state index contributed by atoms with van der Waals surface area (Å²) in [4.78, 5) is 22.5. The van der Waals surface area contributed by atoms with E-state index in [-0.39, 0.29) is 11.9 Å². The fourth-order valence-electron chi connectivity index (χ4n) is 3.56. The van der Waals surface area contributed by atoms with Crippen LogP contribution in [0.15, 0.2) is 64.7 Å². The first kappa shape index (κ1) is 16.9. The molecule has 3 aromatic heterocycles. The standard InChI is InChI=1S/C21H16N2OS3/c24-21(16-13-27-20(22-16)18-7-4-11-25-18)23-10-8-17-15(9-12-26-17)19(23)14-5-2-1-3-6-14/h1-7,9,11-13,19H,8,10H2/t19-/m0/s1. The van der Waals surface area contributed by atoms with Crippen LogP contribution in [0.5, 0.6) is 0 Å². The number of benzene rings is 1. The lowest BCUT2D eigenvalue weighted by Crippen LogP contribution is -2.40. The number of thiophene rings is 2. The van der Waals surface area contributed by atoms with Crippen molar-refractivity contribution in [1.29, 1.82) is 0 Å². The van der Waals surface area contributed by atoms with Crippen molar-refractivity contribution in [2.24, 2.45) is 0 Å². The van der Waals surface area contributed by atoms with Crippen LogP contribution in [0.4, 0.5) is 0 Å². The van der Waals surface area contributed by atoms with Gasteiger partial charge in [-0.2, -0.15) is 0 Å². The largest absolute Gasteiger partial charge is 0.326 e. The minimum Gasteiger partial charge on any atom is -0.326 e. The van der Waals surface area contributed by atoms with Gasteiger partial charge in [0.05, 0.1) is 10.9 Å². The lowest BCUT2D eigenvalue weighted by atomic mass is 9.93. The number of aromatic nitrogens is 1. The molecule has 134 valence electrons. The predicted octanol–water partition coefficient (Wildman–Crippen LogP) is 5.72. The zero-order valence-corrected chi connectivity index (χ0v) is 16.8. The van der Waals surface area contributed by atoms with Gasteiger partial charge in [-0.25, -0.2) is 4.98 Å². The van der Waals surface area contributed by atoms with Crippen molar-refractivity contribution in [3.63, 3.8) is 0 Å². The zero-order chi connectivity index (χ0) is 18.2. The van der Waals surface area contributed by atoms with E-state index in [1.807, 2.05) is 46.0 Å². The van der Waals surface area contributed by atoms with E-state index in [1.165, 1.54) is 21.8 Å². The van der Waals surface area contributed by atoms with E-state index in [1.54, 1.807) is 22.7 Å². The molecule has 4 aromatic rings. The predicted molar refractivity (Wildman–Crippen MR) is 113 cm³/mol. The molecule has 0 aliphatic carbocycles. The average Bonchev–Trinajstić information content (AvgIpc) is 3.48. The van der Waals surface area contributed by atoms with Crippen molar-refractivity contribution in [1.82, 2.24) is 9.88 Å². The summed E-state index contributed by atoms with van der Waals surface area (Å²) in [6.45, 7) is 0.720. The third-order valence-corrected chi connectivity index (χ3v) is 7.68. The summed E-state index contributed by atoms with van der Waals surface area (Å²) in [5, 5.41) is 6.97. The van der Waals surface area contributed by atoms with E-state index in [9.17, 15) is 4.79 Å². The Morgan fingerprint density at radius 3 is 2.70 bits per heavy atom. The molecule has 0 fully saturated rings. The van der Waals surface area contributed by atoms with Crippen molar-refractivity contribution in [3.05, 3.63) is 86.4 Å². The van der Waals surface area contributed by atoms with Crippen LogP contribution in [-0.4, -0.2) is 22.3 Å². The minimum absolute atomic E-state index is 0.0137. The number of carbonyl (C=O) groups excluding carboxylic acids is 1. The molecule has 1 aliphatic rings. The molecule has 1 aromatic carbocycles. The molecule has 0 spiro atoms. The summed E-state index contributed by atoms with van der Waals surface area (Å²) in [5.41, 5.74) is 2.95. The number of rotatable bonds is 3. The van der Waals surface area contributed by atoms with Gasteiger partial charge in [0, 0.05) is 16.8 Å². The number of thiazole rings is 1. The van der Waals surface area contributed by atoms with E-state index in [0.29, 0.717) is 5.69 Å². The number of nitrogens with zero attached hydrogens (tertiary/aromatic N) is 2. The summed E-state index contributed by atoms with van der Waals surface area (Å²) in [7, 11) is 0. The molecular weight excluding hydrogens is 392 g/mol. The van der Waals surface area contributed by atoms with E-state index >= 15 is 0 Å². The zero-order valence-electron chi connectivity index (χ0n) is 14.4. The maximum absolute atomic E-state index is 13.4. The Morgan fingerprint density at radius 1 is 1.00 bits per heavy atom. The van der Waals surface area contributed by atoms with Crippen molar-refractivity contribution >= 4 is 39.9 Å². The molecule has 1 aliphatic heterocycles. The molecule has 0 N–H and O–H groups in total. The van der Waals surface area contributed by atoms with Crippen LogP contribution in [0, 0.1) is 0 Å². The highest BCUT2D eigenvalue weighted by Crippen LogP contribution is 2.39. The van der Waals surface area contributed by atoms with Gasteiger partial charge in [-0.1, -0.05) is 36.4 Å². The van der Waals surface area contributed by atoms with Gasteiger partial charge >= 0.3 is 0 Å². The minimum atomic E-state index is -0.0411. The van der Waals surface area contributed by atoms with Crippen LogP contribution in [0.3, 0.4) is 0 Å². The van der Waals surface area contributed by atoms with E-state index < -0.39 is 0 Å². The van der Waals surface area contributed by atoms with Crippen molar-refractivity contribution in [2.45, 2.75) is 12.5 Å². The van der Waals surface area contributed by atoms with E-state index in [4.69, 9.17) is 0 Å². The molecule has 0 saturated carbocycles. The van der Waals surface area contributed by atoms with Crippen molar-refractivity contribution < 1.29 is 4.79 Å². The molecule has 0 radical (unpaired) electrons. The van der Waals surface area contributed by atoms with Crippen LogP contribution in [0.2, 0.25) is 0 Å². The maximum Gasteiger partial charge on any atom is 0.274 e. The molecule has 1 atom stereocenters. The van der Waals surface area contributed by atoms with Gasteiger partial charge in [0.1, 0.15) is 10.7 Å². The van der Waals surface area contributed by atoms with Gasteiger partial charge in [0.15, 0.2) is 0 Å². The monoisotopic (exact) mass is 408 g/mol. The normalized spacial score (nSPS) is 16.3. The van der Waals surface area contributed by atoms with Gasteiger partial charge < -0.3 is 4.90 Å². The van der Waals surface area contributed by atoms with Crippen LogP contribution >= 0.6 is 34.0 Å². The smallest absolute Gasteiger partial charge is 0.274 e. The topological polar surface area (TPSA) is 33.2 Å². The van der Waals surface area contributed by atoms with Crippen LogP contribution in [0.1, 0.15) is 32.5 Å². The van der Waals surface area contributed by atoms with Crippen LogP contribution in [0.25, 0.3) is 9.88 Å². The summed E-state index contributed by atoms with van der Waals surface area (Å²) >= 11 is 4.97. The second-order valence-electron chi connectivity index (χ2n) is 6.38. The van der Waals surface area contributed by atoms with E-state index in [2.05, 4.69) is 28.6 Å². The van der Waals surface area contributed by atoms with Gasteiger partial charge in [-0.3, -0.25) is 4.79 Å². The summed E-state index contributed by atoms with van der Waals surface area (Å²) in [5.74, 6) is 0.0137. The van der Waals surface area contributed by atoms with Gasteiger partial charge in [0.25, 0.3) is 5.91 Å². The molecule has 6 heteroatoms. The molecule has 27 heavy (non-hydrogen) atoms. The van der Waals surface area contributed by atoms with Crippen molar-refractivity contribution in [2.75, 3.05) is 6.54 Å². The van der Waals surface area contributed by atoms with Gasteiger partial charge in [-0.15, -0.1) is 34.0 Å². The Balaban J connectivity index is 1.52. The summed E-state index contributed by atoms with van der Waals surface area (Å²) in [6.07, 6.45) is 0.907. The Labute approximate surface area is 169 Å². The fourth-order valence-corrected chi connectivity index (χ4v) is 6.07. The number of carbonyl (C=O) groups is 1. The first-order valence-electron chi connectivity index (χ1n) is 8.73. The first-order chi connectivity index (χ1) is 13.3. The molecule has 5 rings (SSSR count). The second kappa shape index (κ2) is 7.03. The quantitative estimate of drug-likeness (QED) is 0.434. The Morgan fingerprint density at radius 2 is 1.89 bits per heavy atom. The molecule has 4 heterocycles. The number of hydrogen-bond donors (Lipinski definition) is 0. The third kappa shape index (κ3) is 3.04. The highest BCUT2D eigenvalue weighted by Gasteiger charge is 2.34. The van der Waals surface area contributed by atoms with Gasteiger partial charge in [0.2, 0.25) is 0 Å². The number of hydrogen-bond acceptors (Lipinski definition) is 5. The Hall–Kier alpha value is -2.28. The second-order valence-corrected chi connectivity index (χ2v) is 9.18. The van der Waals surface area contributed by atoms with E-state index in [0.717, 1.165) is 28.4 Å². The fraction of sp³-hybridized carbons (Fsp3) is 0.143. The van der Waals surface area contributed by atoms with Crippen molar-refractivity contribution in [3.8, 4) is 9.88 Å². The third-order valence-electron chi connectivity index (χ3n) is 4.80. The highest BCUT2D eigenvalue weighted by molar-refractivity contribution is 7.20. The molecule has 0 unspecified atom stereocenters. The average molecular weight is 409 g/mol. The van der Waals surface area contributed by atoms with Crippen LogP contribution < -0.4 is 0 Å². The molecule has 3 nitrogen and oxygen atoms in total. The Bertz CT molecular complexity index is 1070. The summed E-state index contributed by atoms with van der Waals surface area (Å²) < 4.78 is 0. The molecule has 0 bridgehead atoms. The SMILES string of the molecule is O=C(c1csc(-c2cccs2)n1)N1CCc2sccc2[C@@H]1c1ccccc1. The first-order valence-corrected chi connectivity index (χ1v) is 11.4. The van der Waals surface area contributed by atoms with Crippen LogP contribution in [-0.2, 0) is 6.42 Å². The summed E-state index contributed by atoms with van der Waals surface area (Å²) in [6, 6.07) is 16.5. The molecular formula is C21H16N2OS3. The number of fused-ring (bicyclic) bond motifs is 1. The molecule has 0 saturated heterocycles. The highest BCUT2D eigenvalue weighted by atomic mass is 32.1. The molecule has 1 amide bonds.